The van der Waals surface area contributed by atoms with Gasteiger partial charge in [0.2, 0.25) is 0 Å². The quantitative estimate of drug-likeness (QED) is 0.905. The summed E-state index contributed by atoms with van der Waals surface area (Å²) in [6.45, 7) is 2.64. The first-order valence-electron chi connectivity index (χ1n) is 7.27. The molecule has 5 nitrogen and oxygen atoms in total. The van der Waals surface area contributed by atoms with Crippen LogP contribution in [-0.2, 0) is 6.54 Å². The van der Waals surface area contributed by atoms with Crippen LogP contribution in [0.15, 0.2) is 36.5 Å². The molecule has 1 fully saturated rings. The van der Waals surface area contributed by atoms with E-state index in [0.717, 1.165) is 31.5 Å². The summed E-state index contributed by atoms with van der Waals surface area (Å²) >= 11 is 0. The molecule has 0 spiro atoms. The first-order chi connectivity index (χ1) is 10.2. The third-order valence-electron chi connectivity index (χ3n) is 4.11. The number of carbonyl (C=O) groups is 1. The molecule has 2 N–H and O–H groups in total. The number of benzene rings is 1. The lowest BCUT2D eigenvalue weighted by Crippen LogP contribution is -2.34. The first kappa shape index (κ1) is 13.8. The summed E-state index contributed by atoms with van der Waals surface area (Å²) in [5.74, 6) is -0.397. The van der Waals surface area contributed by atoms with Crippen LogP contribution in [0.3, 0.4) is 0 Å². The lowest BCUT2D eigenvalue weighted by molar-refractivity contribution is 0.0694. The second-order valence-electron chi connectivity index (χ2n) is 5.55. The highest BCUT2D eigenvalue weighted by atomic mass is 16.4. The lowest BCUT2D eigenvalue weighted by atomic mass is 9.94. The van der Waals surface area contributed by atoms with E-state index in [9.17, 15) is 9.90 Å². The van der Waals surface area contributed by atoms with Crippen molar-refractivity contribution in [3.63, 3.8) is 0 Å². The predicted molar refractivity (Wildman–Crippen MR) is 79.2 cm³/mol. The van der Waals surface area contributed by atoms with E-state index in [2.05, 4.69) is 15.1 Å². The molecule has 5 heteroatoms. The van der Waals surface area contributed by atoms with E-state index < -0.39 is 5.97 Å². The number of likely N-dealkylation sites (tertiary alicyclic amines) is 1. The maximum absolute atomic E-state index is 11.3. The molecule has 110 valence electrons. The summed E-state index contributed by atoms with van der Waals surface area (Å²) < 4.78 is 0. The van der Waals surface area contributed by atoms with Gasteiger partial charge in [-0.15, -0.1) is 0 Å². The van der Waals surface area contributed by atoms with Crippen molar-refractivity contribution in [3.05, 3.63) is 53.3 Å². The molecule has 0 unspecified atom stereocenters. The van der Waals surface area contributed by atoms with Crippen LogP contribution in [0.5, 0.6) is 0 Å². The number of nitrogens with zero attached hydrogens (tertiary/aromatic N) is 2. The van der Waals surface area contributed by atoms with E-state index in [-0.39, 0.29) is 0 Å². The van der Waals surface area contributed by atoms with E-state index in [0.29, 0.717) is 18.0 Å². The highest BCUT2D eigenvalue weighted by Gasteiger charge is 2.23. The van der Waals surface area contributed by atoms with Crippen molar-refractivity contribution in [2.24, 2.45) is 0 Å². The summed E-state index contributed by atoms with van der Waals surface area (Å²) in [4.78, 5) is 13.6. The normalized spacial score (nSPS) is 19.5. The second kappa shape index (κ2) is 6.10. The minimum Gasteiger partial charge on any atom is -0.478 e. The molecule has 0 amide bonds. The van der Waals surface area contributed by atoms with Gasteiger partial charge in [-0.1, -0.05) is 18.2 Å². The fourth-order valence-corrected chi connectivity index (χ4v) is 3.05. The van der Waals surface area contributed by atoms with Crippen molar-refractivity contribution < 1.29 is 9.90 Å². The molecule has 2 aromatic rings. The number of hydrogen-bond acceptors (Lipinski definition) is 3. The van der Waals surface area contributed by atoms with Crippen molar-refractivity contribution in [3.8, 4) is 0 Å². The number of carboxylic acids is 1. The van der Waals surface area contributed by atoms with Crippen LogP contribution in [0.2, 0.25) is 0 Å². The van der Waals surface area contributed by atoms with E-state index in [1.165, 1.54) is 5.69 Å². The zero-order valence-corrected chi connectivity index (χ0v) is 11.8. The Balaban J connectivity index is 1.72. The molecule has 0 saturated carbocycles. The standard InChI is InChI=1S/C16H19N3O2/c20-16(21)14-6-2-1-4-12(14)10-19-9-3-5-13(11-19)15-7-8-17-18-15/h1-2,4,6-8,13H,3,5,9-11H2,(H,17,18)(H,20,21)/t13-/m0/s1. The molecule has 1 aromatic carbocycles. The molecule has 3 rings (SSSR count). The Hall–Kier alpha value is -2.14. The highest BCUT2D eigenvalue weighted by Crippen LogP contribution is 2.26. The van der Waals surface area contributed by atoms with Gasteiger partial charge in [0.15, 0.2) is 0 Å². The van der Waals surface area contributed by atoms with Crippen molar-refractivity contribution in [1.29, 1.82) is 0 Å². The fraction of sp³-hybridized carbons (Fsp3) is 0.375. The van der Waals surface area contributed by atoms with Gasteiger partial charge in [0.25, 0.3) is 0 Å². The summed E-state index contributed by atoms with van der Waals surface area (Å²) in [5, 5.41) is 16.3. The number of carboxylic acid groups (broad SMARTS) is 1. The Kier molecular flexibility index (Phi) is 4.01. The van der Waals surface area contributed by atoms with Crippen LogP contribution in [0, 0.1) is 0 Å². The number of aromatic carboxylic acids is 1. The van der Waals surface area contributed by atoms with E-state index in [1.54, 1.807) is 18.3 Å². The minimum atomic E-state index is -0.854. The zero-order chi connectivity index (χ0) is 14.7. The summed E-state index contributed by atoms with van der Waals surface area (Å²) in [5.41, 5.74) is 2.46. The Bertz CT molecular complexity index is 610. The molecule has 1 aromatic heterocycles. The van der Waals surface area contributed by atoms with Gasteiger partial charge in [0.05, 0.1) is 5.56 Å². The smallest absolute Gasteiger partial charge is 0.336 e. The van der Waals surface area contributed by atoms with Gasteiger partial charge in [-0.05, 0) is 37.1 Å². The Morgan fingerprint density at radius 1 is 1.38 bits per heavy atom. The van der Waals surface area contributed by atoms with Crippen molar-refractivity contribution in [1.82, 2.24) is 15.1 Å². The number of aromatic nitrogens is 2. The summed E-state index contributed by atoms with van der Waals surface area (Å²) in [6, 6.07) is 9.28. The Morgan fingerprint density at radius 3 is 3.00 bits per heavy atom. The average molecular weight is 285 g/mol. The van der Waals surface area contributed by atoms with Crippen molar-refractivity contribution >= 4 is 5.97 Å². The van der Waals surface area contributed by atoms with Crippen LogP contribution in [0.25, 0.3) is 0 Å². The molecule has 1 aliphatic rings. The van der Waals surface area contributed by atoms with Gasteiger partial charge in [-0.2, -0.15) is 5.10 Å². The summed E-state index contributed by atoms with van der Waals surface area (Å²) in [7, 11) is 0. The number of aromatic amines is 1. The molecule has 1 aliphatic heterocycles. The van der Waals surface area contributed by atoms with E-state index in [1.807, 2.05) is 18.2 Å². The fourth-order valence-electron chi connectivity index (χ4n) is 3.05. The van der Waals surface area contributed by atoms with Gasteiger partial charge < -0.3 is 5.11 Å². The molecule has 2 heterocycles. The number of nitrogens with one attached hydrogen (secondary N) is 1. The van der Waals surface area contributed by atoms with Crippen LogP contribution in [-0.4, -0.2) is 39.3 Å². The van der Waals surface area contributed by atoms with Gasteiger partial charge in [-0.3, -0.25) is 10.00 Å². The predicted octanol–water partition coefficient (Wildman–Crippen LogP) is 2.49. The van der Waals surface area contributed by atoms with E-state index >= 15 is 0 Å². The largest absolute Gasteiger partial charge is 0.478 e. The lowest BCUT2D eigenvalue weighted by Gasteiger charge is -2.32. The van der Waals surface area contributed by atoms with Crippen LogP contribution < -0.4 is 0 Å². The van der Waals surface area contributed by atoms with Gasteiger partial charge >= 0.3 is 5.97 Å². The Morgan fingerprint density at radius 2 is 2.24 bits per heavy atom. The molecule has 0 radical (unpaired) electrons. The number of rotatable bonds is 4. The van der Waals surface area contributed by atoms with Gasteiger partial charge in [0, 0.05) is 30.9 Å². The zero-order valence-electron chi connectivity index (χ0n) is 11.8. The van der Waals surface area contributed by atoms with Gasteiger partial charge in [0.1, 0.15) is 0 Å². The number of hydrogen-bond donors (Lipinski definition) is 2. The number of H-pyrrole nitrogens is 1. The minimum absolute atomic E-state index is 0.404. The molecular weight excluding hydrogens is 266 g/mol. The van der Waals surface area contributed by atoms with Crippen molar-refractivity contribution in [2.45, 2.75) is 25.3 Å². The average Bonchev–Trinajstić information content (AvgIpc) is 3.02. The second-order valence-corrected chi connectivity index (χ2v) is 5.55. The van der Waals surface area contributed by atoms with E-state index in [4.69, 9.17) is 0 Å². The summed E-state index contributed by atoms with van der Waals surface area (Å²) in [6.07, 6.45) is 4.06. The molecule has 21 heavy (non-hydrogen) atoms. The maximum atomic E-state index is 11.3. The van der Waals surface area contributed by atoms with Crippen LogP contribution >= 0.6 is 0 Å². The maximum Gasteiger partial charge on any atom is 0.336 e. The highest BCUT2D eigenvalue weighted by molar-refractivity contribution is 5.89. The van der Waals surface area contributed by atoms with Crippen LogP contribution in [0.4, 0.5) is 0 Å². The van der Waals surface area contributed by atoms with Gasteiger partial charge in [-0.25, -0.2) is 4.79 Å². The third-order valence-corrected chi connectivity index (χ3v) is 4.11. The molecular formula is C16H19N3O2. The molecule has 0 aliphatic carbocycles. The van der Waals surface area contributed by atoms with Crippen LogP contribution in [0.1, 0.15) is 40.4 Å². The SMILES string of the molecule is O=C(O)c1ccccc1CN1CCC[C@H](c2ccn[nH]2)C1. The Labute approximate surface area is 123 Å². The van der Waals surface area contributed by atoms with Crippen molar-refractivity contribution in [2.75, 3.05) is 13.1 Å². The first-order valence-corrected chi connectivity index (χ1v) is 7.27. The number of piperidine rings is 1. The monoisotopic (exact) mass is 285 g/mol. The topological polar surface area (TPSA) is 69.2 Å². The molecule has 1 saturated heterocycles. The molecule has 0 bridgehead atoms. The third kappa shape index (κ3) is 3.13. The molecule has 1 atom stereocenters.